The molecule has 1 N–H and O–H groups in total. The van der Waals surface area contributed by atoms with E-state index < -0.39 is 17.0 Å². The first kappa shape index (κ1) is 26.7. The van der Waals surface area contributed by atoms with E-state index in [1.54, 1.807) is 31.1 Å². The maximum absolute atomic E-state index is 12.3. The monoisotopic (exact) mass is 538 g/mol. The van der Waals surface area contributed by atoms with Gasteiger partial charge in [-0.15, -0.1) is 0 Å². The third kappa shape index (κ3) is 4.82. The van der Waals surface area contributed by atoms with Gasteiger partial charge in [-0.1, -0.05) is 49.4 Å². The molecule has 9 heteroatoms. The fraction of sp³-hybridized carbons (Fsp3) is 0.226. The van der Waals surface area contributed by atoms with E-state index in [9.17, 15) is 14.4 Å². The van der Waals surface area contributed by atoms with Crippen LogP contribution in [0.2, 0.25) is 0 Å². The molecule has 5 rings (SSSR count). The van der Waals surface area contributed by atoms with Gasteiger partial charge in [0.25, 0.3) is 10.9 Å². The second-order valence-corrected chi connectivity index (χ2v) is 9.78. The summed E-state index contributed by atoms with van der Waals surface area (Å²) in [6.07, 6.45) is -0.0225. The van der Waals surface area contributed by atoms with Crippen LogP contribution in [0.25, 0.3) is 22.2 Å². The quantitative estimate of drug-likeness (QED) is 0.164. The van der Waals surface area contributed by atoms with E-state index in [4.69, 9.17) is 9.72 Å². The van der Waals surface area contributed by atoms with E-state index in [0.717, 1.165) is 51.2 Å². The molecule has 0 aliphatic rings. The van der Waals surface area contributed by atoms with Crippen molar-refractivity contribution in [1.82, 2.24) is 9.55 Å². The Morgan fingerprint density at radius 3 is 2.42 bits per heavy atom. The van der Waals surface area contributed by atoms with Crippen LogP contribution in [0.1, 0.15) is 23.9 Å². The van der Waals surface area contributed by atoms with Gasteiger partial charge >= 0.3 is 6.16 Å². The van der Waals surface area contributed by atoms with Crippen LogP contribution in [0.5, 0.6) is 5.75 Å². The molecule has 0 radical (unpaired) electrons. The second kappa shape index (κ2) is 10.7. The van der Waals surface area contributed by atoms with Gasteiger partial charge in [0.2, 0.25) is 0 Å². The largest absolute Gasteiger partial charge is 0.513 e. The number of rotatable bonds is 8. The lowest BCUT2D eigenvalue weighted by molar-refractivity contribution is 0.121. The summed E-state index contributed by atoms with van der Waals surface area (Å²) in [5.74, 6) is 1.37. The Hall–Kier alpha value is -4.92. The minimum atomic E-state index is -0.769. The van der Waals surface area contributed by atoms with Crippen LogP contribution in [0.15, 0.2) is 70.3 Å². The molecule has 0 spiro atoms. The van der Waals surface area contributed by atoms with Crippen molar-refractivity contribution in [3.05, 3.63) is 98.1 Å². The predicted molar refractivity (Wildman–Crippen MR) is 157 cm³/mol. The third-order valence-electron chi connectivity index (χ3n) is 6.89. The molecule has 204 valence electrons. The molecule has 0 amide bonds. The molecule has 0 saturated carbocycles. The van der Waals surface area contributed by atoms with Gasteiger partial charge in [-0.25, -0.2) is 9.78 Å². The Morgan fingerprint density at radius 2 is 1.75 bits per heavy atom. The number of carbonyl (C=O) groups excluding carboxylic acids is 1. The SMILES string of the molecule is CCc1nc2c(C)cc(Nc3c(N(C)C)c(=O)c3=O)cc2n1Cc1ccc(-c2ccccc2OC(=O)OC)cc1. The Kier molecular flexibility index (Phi) is 7.13. The zero-order valence-corrected chi connectivity index (χ0v) is 23.1. The Morgan fingerprint density at radius 1 is 1.02 bits per heavy atom. The molecular weight excluding hydrogens is 508 g/mol. The fourth-order valence-electron chi connectivity index (χ4n) is 4.92. The maximum atomic E-state index is 12.3. The minimum absolute atomic E-state index is 0.308. The number of hydrogen-bond acceptors (Lipinski definition) is 8. The highest BCUT2D eigenvalue weighted by Crippen LogP contribution is 2.32. The predicted octanol–water partition coefficient (Wildman–Crippen LogP) is 5.17. The van der Waals surface area contributed by atoms with Gasteiger partial charge in [0.15, 0.2) is 0 Å². The maximum Gasteiger partial charge on any atom is 0.513 e. The van der Waals surface area contributed by atoms with Gasteiger partial charge < -0.3 is 24.3 Å². The molecule has 0 fully saturated rings. The van der Waals surface area contributed by atoms with Crippen molar-refractivity contribution in [3.63, 3.8) is 0 Å². The Bertz CT molecular complexity index is 1790. The fourth-order valence-corrected chi connectivity index (χ4v) is 4.92. The normalized spacial score (nSPS) is 11.1. The number of benzene rings is 3. The van der Waals surface area contributed by atoms with Gasteiger partial charge in [0, 0.05) is 38.3 Å². The summed E-state index contributed by atoms with van der Waals surface area (Å²) < 4.78 is 12.1. The molecule has 0 aliphatic carbocycles. The molecule has 0 saturated heterocycles. The number of aromatic nitrogens is 2. The summed E-state index contributed by atoms with van der Waals surface area (Å²) in [6, 6.07) is 19.3. The van der Waals surface area contributed by atoms with E-state index in [2.05, 4.69) is 21.5 Å². The number of imidazole rings is 1. The average molecular weight is 539 g/mol. The molecule has 0 aliphatic heterocycles. The lowest BCUT2D eigenvalue weighted by atomic mass is 10.0. The summed E-state index contributed by atoms with van der Waals surface area (Å²) in [7, 11) is 4.76. The van der Waals surface area contributed by atoms with Gasteiger partial charge in [-0.05, 0) is 41.8 Å². The number of anilines is 3. The zero-order chi connectivity index (χ0) is 28.6. The number of hydrogen-bond donors (Lipinski definition) is 1. The first-order valence-electron chi connectivity index (χ1n) is 12.9. The smallest absolute Gasteiger partial charge is 0.437 e. The van der Waals surface area contributed by atoms with E-state index in [1.807, 2.05) is 55.5 Å². The molecular formula is C31H30N4O5. The molecule has 1 heterocycles. The second-order valence-electron chi connectivity index (χ2n) is 9.78. The summed E-state index contributed by atoms with van der Waals surface area (Å²) in [6.45, 7) is 4.65. The van der Waals surface area contributed by atoms with E-state index in [-0.39, 0.29) is 0 Å². The van der Waals surface area contributed by atoms with Gasteiger partial charge in [0.1, 0.15) is 22.9 Å². The van der Waals surface area contributed by atoms with Crippen LogP contribution in [-0.2, 0) is 17.7 Å². The molecule has 0 atom stereocenters. The number of nitrogens with one attached hydrogen (secondary N) is 1. The molecule has 9 nitrogen and oxygen atoms in total. The van der Waals surface area contributed by atoms with E-state index in [0.29, 0.717) is 23.7 Å². The third-order valence-corrected chi connectivity index (χ3v) is 6.89. The lowest BCUT2D eigenvalue weighted by Crippen LogP contribution is -2.39. The molecule has 40 heavy (non-hydrogen) atoms. The van der Waals surface area contributed by atoms with Crippen LogP contribution < -0.4 is 25.8 Å². The van der Waals surface area contributed by atoms with Crippen molar-refractivity contribution in [3.8, 4) is 16.9 Å². The number of nitrogens with zero attached hydrogens (tertiary/aromatic N) is 3. The van der Waals surface area contributed by atoms with Crippen LogP contribution in [-0.4, -0.2) is 36.9 Å². The minimum Gasteiger partial charge on any atom is -0.437 e. The molecule has 0 bridgehead atoms. The van der Waals surface area contributed by atoms with Gasteiger partial charge in [-0.3, -0.25) is 9.59 Å². The van der Waals surface area contributed by atoms with Crippen LogP contribution in [0, 0.1) is 6.92 Å². The topological polar surface area (TPSA) is 103 Å². The van der Waals surface area contributed by atoms with Gasteiger partial charge in [0.05, 0.1) is 18.1 Å². The van der Waals surface area contributed by atoms with Crippen molar-refractivity contribution >= 4 is 34.3 Å². The standard InChI is InChI=1S/C31H30N4O5/c1-6-25-33-26-18(2)15-21(32-27-28(34(3)4)30(37)29(27)36)16-23(26)35(25)17-19-11-13-20(14-12-19)22-9-7-8-10-24(22)40-31(38)39-5/h7-16,32H,6,17H2,1-5H3. The van der Waals surface area contributed by atoms with E-state index >= 15 is 0 Å². The van der Waals surface area contributed by atoms with Crippen molar-refractivity contribution < 1.29 is 14.3 Å². The van der Waals surface area contributed by atoms with Crippen molar-refractivity contribution in [1.29, 1.82) is 0 Å². The average Bonchev–Trinajstić information content (AvgIpc) is 3.30. The number of ether oxygens (including phenoxy) is 2. The molecule has 4 aromatic carbocycles. The number of para-hydroxylation sites is 1. The first-order chi connectivity index (χ1) is 19.2. The van der Waals surface area contributed by atoms with Crippen LogP contribution in [0.4, 0.5) is 21.9 Å². The summed E-state index contributed by atoms with van der Waals surface area (Å²) >= 11 is 0. The summed E-state index contributed by atoms with van der Waals surface area (Å²) in [5.41, 5.74) is 5.97. The number of methoxy groups -OCH3 is 1. The zero-order valence-electron chi connectivity index (χ0n) is 23.1. The summed E-state index contributed by atoms with van der Waals surface area (Å²) in [4.78, 5) is 42.5. The lowest BCUT2D eigenvalue weighted by Gasteiger charge is -2.19. The highest BCUT2D eigenvalue weighted by atomic mass is 16.7. The first-order valence-corrected chi connectivity index (χ1v) is 12.9. The molecule has 0 unspecified atom stereocenters. The van der Waals surface area contributed by atoms with E-state index in [1.165, 1.54) is 7.11 Å². The van der Waals surface area contributed by atoms with Crippen LogP contribution in [0.3, 0.4) is 0 Å². The summed E-state index contributed by atoms with van der Waals surface area (Å²) in [5, 5.41) is 3.17. The molecule has 5 aromatic rings. The van der Waals surface area contributed by atoms with Crippen molar-refractivity contribution in [2.24, 2.45) is 0 Å². The Labute approximate surface area is 231 Å². The highest BCUT2D eigenvalue weighted by molar-refractivity contribution is 5.87. The number of fused-ring (bicyclic) bond motifs is 1. The van der Waals surface area contributed by atoms with Gasteiger partial charge in [-0.2, -0.15) is 0 Å². The van der Waals surface area contributed by atoms with Crippen LogP contribution >= 0.6 is 0 Å². The number of carbonyl (C=O) groups is 1. The highest BCUT2D eigenvalue weighted by Gasteiger charge is 2.23. The number of aryl methyl sites for hydroxylation is 2. The molecule has 1 aromatic heterocycles. The van der Waals surface area contributed by atoms with Crippen molar-refractivity contribution in [2.75, 3.05) is 31.4 Å². The Balaban J connectivity index is 1.47. The van der Waals surface area contributed by atoms with Crippen molar-refractivity contribution in [2.45, 2.75) is 26.8 Å².